The minimum atomic E-state index is -0.133. The zero-order valence-corrected chi connectivity index (χ0v) is 11.3. The summed E-state index contributed by atoms with van der Waals surface area (Å²) in [4.78, 5) is 12.0. The molecule has 1 saturated carbocycles. The van der Waals surface area contributed by atoms with Crippen LogP contribution in [0.1, 0.15) is 36.5 Å². The lowest BCUT2D eigenvalue weighted by atomic mass is 9.98. The Bertz CT molecular complexity index is 447. The van der Waals surface area contributed by atoms with Gasteiger partial charge in [-0.3, -0.25) is 4.79 Å². The van der Waals surface area contributed by atoms with Gasteiger partial charge in [-0.2, -0.15) is 0 Å². The molecular formula is C14H19ClN2O. The molecule has 2 unspecified atom stereocenters. The highest BCUT2D eigenvalue weighted by Crippen LogP contribution is 2.30. The number of hydrogen-bond donors (Lipinski definition) is 2. The van der Waals surface area contributed by atoms with Crippen molar-refractivity contribution in [2.45, 2.75) is 26.2 Å². The average Bonchev–Trinajstić information content (AvgIpc) is 2.75. The van der Waals surface area contributed by atoms with E-state index in [1.807, 2.05) is 0 Å². The smallest absolute Gasteiger partial charge is 0.252 e. The molecule has 1 aliphatic rings. The van der Waals surface area contributed by atoms with Crippen LogP contribution in [0.3, 0.4) is 0 Å². The Kier molecular flexibility index (Phi) is 4.12. The summed E-state index contributed by atoms with van der Waals surface area (Å²) >= 11 is 6.03. The molecule has 4 heteroatoms. The van der Waals surface area contributed by atoms with E-state index in [0.29, 0.717) is 28.1 Å². The lowest BCUT2D eigenvalue weighted by Gasteiger charge is -2.16. The SMILES string of the molecule is CC1CCCC1CNC(=O)c1cccc(N)c1Cl. The van der Waals surface area contributed by atoms with Crippen LogP contribution in [0.5, 0.6) is 0 Å². The Morgan fingerprint density at radius 2 is 2.28 bits per heavy atom. The number of amides is 1. The Labute approximate surface area is 113 Å². The van der Waals surface area contributed by atoms with Crippen LogP contribution in [-0.2, 0) is 0 Å². The van der Waals surface area contributed by atoms with Gasteiger partial charge in [0, 0.05) is 6.54 Å². The lowest BCUT2D eigenvalue weighted by molar-refractivity contribution is 0.0945. The molecule has 0 bridgehead atoms. The van der Waals surface area contributed by atoms with Crippen molar-refractivity contribution in [1.29, 1.82) is 0 Å². The molecule has 0 saturated heterocycles. The largest absolute Gasteiger partial charge is 0.398 e. The van der Waals surface area contributed by atoms with Crippen molar-refractivity contribution in [3.63, 3.8) is 0 Å². The molecule has 2 atom stereocenters. The fraction of sp³-hybridized carbons (Fsp3) is 0.500. The van der Waals surface area contributed by atoms with Crippen LogP contribution in [-0.4, -0.2) is 12.5 Å². The van der Waals surface area contributed by atoms with Crippen molar-refractivity contribution < 1.29 is 4.79 Å². The van der Waals surface area contributed by atoms with E-state index >= 15 is 0 Å². The highest BCUT2D eigenvalue weighted by molar-refractivity contribution is 6.36. The first-order chi connectivity index (χ1) is 8.59. The van der Waals surface area contributed by atoms with E-state index in [0.717, 1.165) is 6.54 Å². The molecule has 3 N–H and O–H groups in total. The molecule has 1 aromatic carbocycles. The van der Waals surface area contributed by atoms with E-state index in [1.54, 1.807) is 18.2 Å². The van der Waals surface area contributed by atoms with E-state index in [2.05, 4.69) is 12.2 Å². The number of nitrogens with one attached hydrogen (secondary N) is 1. The van der Waals surface area contributed by atoms with Crippen molar-refractivity contribution in [3.05, 3.63) is 28.8 Å². The van der Waals surface area contributed by atoms with Crippen LogP contribution < -0.4 is 11.1 Å². The van der Waals surface area contributed by atoms with Gasteiger partial charge in [-0.1, -0.05) is 37.4 Å². The zero-order valence-electron chi connectivity index (χ0n) is 10.6. The normalized spacial score (nSPS) is 23.0. The molecule has 1 aromatic rings. The molecule has 18 heavy (non-hydrogen) atoms. The second-order valence-corrected chi connectivity index (χ2v) is 5.47. The van der Waals surface area contributed by atoms with Crippen molar-refractivity contribution in [3.8, 4) is 0 Å². The summed E-state index contributed by atoms with van der Waals surface area (Å²) in [6.07, 6.45) is 3.73. The van der Waals surface area contributed by atoms with Crippen molar-refractivity contribution in [2.75, 3.05) is 12.3 Å². The van der Waals surface area contributed by atoms with Crippen LogP contribution in [0.15, 0.2) is 18.2 Å². The summed E-state index contributed by atoms with van der Waals surface area (Å²) in [5, 5.41) is 3.30. The van der Waals surface area contributed by atoms with Crippen LogP contribution in [0.25, 0.3) is 0 Å². The topological polar surface area (TPSA) is 55.1 Å². The standard InChI is InChI=1S/C14H19ClN2O/c1-9-4-2-5-10(9)8-17-14(18)11-6-3-7-12(16)13(11)15/h3,6-7,9-10H,2,4-5,8,16H2,1H3,(H,17,18). The maximum Gasteiger partial charge on any atom is 0.252 e. The third-order valence-corrected chi connectivity index (χ3v) is 4.26. The highest BCUT2D eigenvalue weighted by atomic mass is 35.5. The van der Waals surface area contributed by atoms with E-state index in [-0.39, 0.29) is 5.91 Å². The summed E-state index contributed by atoms with van der Waals surface area (Å²) < 4.78 is 0. The van der Waals surface area contributed by atoms with Gasteiger partial charge in [-0.25, -0.2) is 0 Å². The van der Waals surface area contributed by atoms with Gasteiger partial charge in [0.1, 0.15) is 0 Å². The predicted octanol–water partition coefficient (Wildman–Crippen LogP) is 3.09. The van der Waals surface area contributed by atoms with E-state index in [1.165, 1.54) is 19.3 Å². The first-order valence-corrected chi connectivity index (χ1v) is 6.79. The number of carbonyl (C=O) groups is 1. The highest BCUT2D eigenvalue weighted by Gasteiger charge is 2.24. The van der Waals surface area contributed by atoms with Gasteiger partial charge in [0.15, 0.2) is 0 Å². The Morgan fingerprint density at radius 1 is 1.50 bits per heavy atom. The third kappa shape index (κ3) is 2.78. The van der Waals surface area contributed by atoms with Gasteiger partial charge >= 0.3 is 0 Å². The van der Waals surface area contributed by atoms with Gasteiger partial charge in [0.05, 0.1) is 16.3 Å². The molecule has 1 aliphatic carbocycles. The molecule has 0 aliphatic heterocycles. The third-order valence-electron chi connectivity index (χ3n) is 3.84. The Morgan fingerprint density at radius 3 is 2.94 bits per heavy atom. The maximum absolute atomic E-state index is 12.0. The lowest BCUT2D eigenvalue weighted by Crippen LogP contribution is -2.30. The van der Waals surface area contributed by atoms with Crippen molar-refractivity contribution >= 4 is 23.2 Å². The molecule has 1 fully saturated rings. The molecule has 1 amide bonds. The van der Waals surface area contributed by atoms with Gasteiger partial charge in [-0.05, 0) is 30.4 Å². The van der Waals surface area contributed by atoms with Crippen LogP contribution >= 0.6 is 11.6 Å². The number of halogens is 1. The number of hydrogen-bond acceptors (Lipinski definition) is 2. The van der Waals surface area contributed by atoms with Crippen LogP contribution in [0.4, 0.5) is 5.69 Å². The van der Waals surface area contributed by atoms with Crippen LogP contribution in [0.2, 0.25) is 5.02 Å². The molecule has 0 radical (unpaired) electrons. The number of carbonyl (C=O) groups excluding carboxylic acids is 1. The summed E-state index contributed by atoms with van der Waals surface area (Å²) in [6.45, 7) is 2.97. The first kappa shape index (κ1) is 13.2. The van der Waals surface area contributed by atoms with Gasteiger partial charge in [0.25, 0.3) is 5.91 Å². The fourth-order valence-electron chi connectivity index (χ4n) is 2.57. The van der Waals surface area contributed by atoms with E-state index in [4.69, 9.17) is 17.3 Å². The predicted molar refractivity (Wildman–Crippen MR) is 74.7 cm³/mol. The average molecular weight is 267 g/mol. The molecule has 3 nitrogen and oxygen atoms in total. The molecule has 98 valence electrons. The maximum atomic E-state index is 12.0. The van der Waals surface area contributed by atoms with Crippen molar-refractivity contribution in [2.24, 2.45) is 11.8 Å². The quantitative estimate of drug-likeness (QED) is 0.826. The molecular weight excluding hydrogens is 248 g/mol. The molecule has 0 aromatic heterocycles. The monoisotopic (exact) mass is 266 g/mol. The molecule has 0 heterocycles. The van der Waals surface area contributed by atoms with E-state index in [9.17, 15) is 4.79 Å². The first-order valence-electron chi connectivity index (χ1n) is 6.41. The summed E-state index contributed by atoms with van der Waals surface area (Å²) in [5.74, 6) is 1.15. The number of rotatable bonds is 3. The van der Waals surface area contributed by atoms with Crippen molar-refractivity contribution in [1.82, 2.24) is 5.32 Å². The van der Waals surface area contributed by atoms with E-state index < -0.39 is 0 Å². The number of nitrogen functional groups attached to an aromatic ring is 1. The van der Waals surface area contributed by atoms with Gasteiger partial charge in [0.2, 0.25) is 0 Å². The second kappa shape index (κ2) is 5.61. The number of benzene rings is 1. The number of nitrogens with two attached hydrogens (primary N) is 1. The molecule has 0 spiro atoms. The molecule has 2 rings (SSSR count). The second-order valence-electron chi connectivity index (χ2n) is 5.09. The summed E-state index contributed by atoms with van der Waals surface area (Å²) in [6, 6.07) is 5.14. The van der Waals surface area contributed by atoms with Gasteiger partial charge in [-0.15, -0.1) is 0 Å². The Balaban J connectivity index is 1.97. The summed E-state index contributed by atoms with van der Waals surface area (Å²) in [7, 11) is 0. The van der Waals surface area contributed by atoms with Crippen LogP contribution in [0, 0.1) is 11.8 Å². The van der Waals surface area contributed by atoms with Gasteiger partial charge < -0.3 is 11.1 Å². The zero-order chi connectivity index (χ0) is 13.1. The minimum Gasteiger partial charge on any atom is -0.398 e. The minimum absolute atomic E-state index is 0.133. The Hall–Kier alpha value is -1.22. The summed E-state index contributed by atoms with van der Waals surface area (Å²) in [5.41, 5.74) is 6.59. The fourth-order valence-corrected chi connectivity index (χ4v) is 2.78. The number of anilines is 1.